The van der Waals surface area contributed by atoms with Crippen LogP contribution in [0.3, 0.4) is 0 Å². The summed E-state index contributed by atoms with van der Waals surface area (Å²) in [5.74, 6) is -3.40. The van der Waals surface area contributed by atoms with Crippen LogP contribution in [-0.2, 0) is 9.59 Å². The molecule has 1 N–H and O–H groups in total. The summed E-state index contributed by atoms with van der Waals surface area (Å²) in [6.07, 6.45) is 0. The number of hydrogen-bond acceptors (Lipinski definition) is 6. The molecule has 92 valence electrons. The van der Waals surface area contributed by atoms with Crippen LogP contribution in [0.2, 0.25) is 0 Å². The molecule has 3 atom stereocenters. The Morgan fingerprint density at radius 3 is 2.26 bits per heavy atom. The normalized spacial score (nSPS) is 34.9. The van der Waals surface area contributed by atoms with Gasteiger partial charge in [0.05, 0.1) is 22.9 Å². The first-order valence-corrected chi connectivity index (χ1v) is 6.20. The fourth-order valence-electron chi connectivity index (χ4n) is 2.76. The summed E-state index contributed by atoms with van der Waals surface area (Å²) in [5.41, 5.74) is -3.72. The molecule has 2 amide bonds. The summed E-state index contributed by atoms with van der Waals surface area (Å²) in [4.78, 5) is 36.2. The van der Waals surface area contributed by atoms with E-state index in [1.54, 1.807) is 29.7 Å². The van der Waals surface area contributed by atoms with Gasteiger partial charge in [-0.1, -0.05) is 6.07 Å². The molecular formula is C12H5N3O3S. The molecule has 0 radical (unpaired) electrons. The number of carbonyl (C=O) groups excluding carboxylic acids is 3. The van der Waals surface area contributed by atoms with E-state index in [4.69, 9.17) is 0 Å². The Labute approximate surface area is 111 Å². The maximum absolute atomic E-state index is 12.3. The molecular weight excluding hydrogens is 266 g/mol. The highest BCUT2D eigenvalue weighted by Gasteiger charge is 2.92. The van der Waals surface area contributed by atoms with Gasteiger partial charge in [0.2, 0.25) is 11.8 Å². The van der Waals surface area contributed by atoms with Gasteiger partial charge in [0, 0.05) is 0 Å². The van der Waals surface area contributed by atoms with E-state index in [0.29, 0.717) is 4.88 Å². The number of nitrogens with zero attached hydrogens (tertiary/aromatic N) is 2. The number of hydrogen-bond donors (Lipinski definition) is 1. The molecule has 1 aromatic heterocycles. The van der Waals surface area contributed by atoms with Crippen molar-refractivity contribution in [3.8, 4) is 12.1 Å². The fraction of sp³-hybridized carbons (Fsp3) is 0.250. The molecule has 7 heteroatoms. The van der Waals surface area contributed by atoms with Crippen molar-refractivity contribution in [2.75, 3.05) is 0 Å². The van der Waals surface area contributed by atoms with Crippen LogP contribution in [0, 0.1) is 39.4 Å². The van der Waals surface area contributed by atoms with Gasteiger partial charge >= 0.3 is 0 Å². The third-order valence-electron chi connectivity index (χ3n) is 3.73. The van der Waals surface area contributed by atoms with Gasteiger partial charge in [-0.3, -0.25) is 19.7 Å². The summed E-state index contributed by atoms with van der Waals surface area (Å²) >= 11 is 1.15. The maximum atomic E-state index is 12.3. The Balaban J connectivity index is 2.14. The number of imide groups is 1. The van der Waals surface area contributed by atoms with E-state index in [-0.39, 0.29) is 0 Å². The molecule has 0 spiro atoms. The molecule has 1 saturated heterocycles. The summed E-state index contributed by atoms with van der Waals surface area (Å²) < 4.78 is 0. The highest BCUT2D eigenvalue weighted by molar-refractivity contribution is 7.12. The SMILES string of the molecule is N#C[C@@]12C(=O)NC(=O)[C@]1(C#N)C2C(=O)c1cccs1. The van der Waals surface area contributed by atoms with E-state index in [9.17, 15) is 24.9 Å². The van der Waals surface area contributed by atoms with E-state index in [1.165, 1.54) is 0 Å². The molecule has 19 heavy (non-hydrogen) atoms. The minimum absolute atomic E-state index is 0.337. The zero-order chi connectivity index (χ0) is 13.8. The molecule has 1 aliphatic heterocycles. The highest BCUT2D eigenvalue weighted by atomic mass is 32.1. The van der Waals surface area contributed by atoms with Crippen molar-refractivity contribution in [1.29, 1.82) is 10.5 Å². The van der Waals surface area contributed by atoms with E-state index in [1.807, 2.05) is 5.32 Å². The lowest BCUT2D eigenvalue weighted by molar-refractivity contribution is -0.129. The number of ketones is 1. The molecule has 1 aliphatic carbocycles. The number of fused-ring (bicyclic) bond motifs is 1. The quantitative estimate of drug-likeness (QED) is 0.611. The molecule has 1 unspecified atom stereocenters. The van der Waals surface area contributed by atoms with Gasteiger partial charge in [0.1, 0.15) is 0 Å². The fourth-order valence-corrected chi connectivity index (χ4v) is 3.45. The lowest BCUT2D eigenvalue weighted by Gasteiger charge is -2.04. The highest BCUT2D eigenvalue weighted by Crippen LogP contribution is 2.72. The first-order chi connectivity index (χ1) is 9.06. The number of nitrogens with one attached hydrogen (secondary N) is 1. The summed E-state index contributed by atoms with van der Waals surface area (Å²) in [6.45, 7) is 0. The van der Waals surface area contributed by atoms with Gasteiger partial charge in [0.25, 0.3) is 0 Å². The molecule has 0 aromatic carbocycles. The topological polar surface area (TPSA) is 111 Å². The average molecular weight is 271 g/mol. The largest absolute Gasteiger partial charge is 0.293 e. The average Bonchev–Trinajstić information content (AvgIpc) is 2.69. The van der Waals surface area contributed by atoms with Crippen molar-refractivity contribution in [3.05, 3.63) is 22.4 Å². The van der Waals surface area contributed by atoms with Crippen molar-refractivity contribution in [2.45, 2.75) is 0 Å². The van der Waals surface area contributed by atoms with Crippen LogP contribution in [0.5, 0.6) is 0 Å². The molecule has 1 aromatic rings. The number of amides is 2. The number of thiophene rings is 1. The van der Waals surface area contributed by atoms with Crippen LogP contribution >= 0.6 is 11.3 Å². The second kappa shape index (κ2) is 3.28. The standard InChI is InChI=1S/C12H5N3O3S/c13-4-11-8(7(16)6-2-1-3-19-6)12(11,5-14)10(18)15-9(11)17/h1-3,8H,(H,15,17,18)/t8?,11-,12+. The van der Waals surface area contributed by atoms with Crippen molar-refractivity contribution in [2.24, 2.45) is 16.7 Å². The van der Waals surface area contributed by atoms with Crippen molar-refractivity contribution < 1.29 is 14.4 Å². The second-order valence-corrected chi connectivity index (χ2v) is 5.35. The molecule has 1 saturated carbocycles. The number of carbonyl (C=O) groups is 3. The molecule has 2 aliphatic rings. The minimum Gasteiger partial charge on any atom is -0.293 e. The summed E-state index contributed by atoms with van der Waals surface area (Å²) in [6, 6.07) is 6.61. The van der Waals surface area contributed by atoms with Gasteiger partial charge in [-0.2, -0.15) is 10.5 Å². The van der Waals surface area contributed by atoms with Gasteiger partial charge in [-0.15, -0.1) is 11.3 Å². The third-order valence-corrected chi connectivity index (χ3v) is 4.61. The lowest BCUT2D eigenvalue weighted by Crippen LogP contribution is -2.34. The Morgan fingerprint density at radius 2 is 1.84 bits per heavy atom. The Morgan fingerprint density at radius 1 is 1.26 bits per heavy atom. The minimum atomic E-state index is -1.86. The molecule has 2 fully saturated rings. The first kappa shape index (κ1) is 11.6. The van der Waals surface area contributed by atoms with E-state index >= 15 is 0 Å². The lowest BCUT2D eigenvalue weighted by atomic mass is 9.98. The van der Waals surface area contributed by atoms with Crippen LogP contribution in [0.15, 0.2) is 17.5 Å². The number of Topliss-reactive ketones (excluding diaryl/α,β-unsaturated/α-hetero) is 1. The Hall–Kier alpha value is -2.51. The van der Waals surface area contributed by atoms with Crippen LogP contribution in [0.25, 0.3) is 0 Å². The zero-order valence-corrected chi connectivity index (χ0v) is 10.2. The van der Waals surface area contributed by atoms with Crippen molar-refractivity contribution in [1.82, 2.24) is 5.32 Å². The molecule has 0 bridgehead atoms. The smallest absolute Gasteiger partial charge is 0.250 e. The molecule has 3 rings (SSSR count). The van der Waals surface area contributed by atoms with Gasteiger partial charge < -0.3 is 0 Å². The van der Waals surface area contributed by atoms with E-state index < -0.39 is 34.3 Å². The zero-order valence-electron chi connectivity index (χ0n) is 9.34. The molecule has 6 nitrogen and oxygen atoms in total. The van der Waals surface area contributed by atoms with Gasteiger partial charge in [0.15, 0.2) is 16.6 Å². The predicted molar refractivity (Wildman–Crippen MR) is 61.4 cm³/mol. The van der Waals surface area contributed by atoms with Crippen LogP contribution in [0.4, 0.5) is 0 Å². The monoisotopic (exact) mass is 271 g/mol. The Kier molecular flexibility index (Phi) is 2.00. The van der Waals surface area contributed by atoms with Gasteiger partial charge in [-0.05, 0) is 11.4 Å². The predicted octanol–water partition coefficient (Wildman–Crippen LogP) is 0.237. The third kappa shape index (κ3) is 0.985. The van der Waals surface area contributed by atoms with Crippen molar-refractivity contribution >= 4 is 28.9 Å². The number of rotatable bonds is 2. The van der Waals surface area contributed by atoms with Crippen LogP contribution < -0.4 is 5.32 Å². The second-order valence-electron chi connectivity index (χ2n) is 4.40. The maximum Gasteiger partial charge on any atom is 0.250 e. The number of piperidine rings is 1. The van der Waals surface area contributed by atoms with Crippen LogP contribution in [0.1, 0.15) is 9.67 Å². The summed E-state index contributed by atoms with van der Waals surface area (Å²) in [5, 5.41) is 22.0. The van der Waals surface area contributed by atoms with Gasteiger partial charge in [-0.25, -0.2) is 0 Å². The molecule has 2 heterocycles. The first-order valence-electron chi connectivity index (χ1n) is 5.32. The number of nitriles is 2. The van der Waals surface area contributed by atoms with Crippen molar-refractivity contribution in [3.63, 3.8) is 0 Å². The van der Waals surface area contributed by atoms with E-state index in [2.05, 4.69) is 0 Å². The van der Waals surface area contributed by atoms with Crippen LogP contribution in [-0.4, -0.2) is 17.6 Å². The Bertz CT molecular complexity index is 674. The van der Waals surface area contributed by atoms with E-state index in [0.717, 1.165) is 11.3 Å². The summed E-state index contributed by atoms with van der Waals surface area (Å²) in [7, 11) is 0.